The van der Waals surface area contributed by atoms with Crippen molar-refractivity contribution < 1.29 is 4.74 Å². The number of nitrogens with zero attached hydrogens (tertiary/aromatic N) is 4. The monoisotopic (exact) mass is 404 g/mol. The molecule has 8 heteroatoms. The molecule has 28 heavy (non-hydrogen) atoms. The summed E-state index contributed by atoms with van der Waals surface area (Å²) in [4.78, 5) is 12.6. The quantitative estimate of drug-likeness (QED) is 0.509. The number of aromatic nitrogens is 5. The second-order valence-corrected chi connectivity index (χ2v) is 7.73. The van der Waals surface area contributed by atoms with E-state index in [2.05, 4.69) is 40.8 Å². The summed E-state index contributed by atoms with van der Waals surface area (Å²) in [6.45, 7) is 6.31. The number of hydrogen-bond acceptors (Lipinski definition) is 4. The van der Waals surface area contributed by atoms with Gasteiger partial charge in [-0.05, 0) is 32.9 Å². The predicted molar refractivity (Wildman–Crippen MR) is 113 cm³/mol. The number of fused-ring (bicyclic) bond motifs is 1. The summed E-state index contributed by atoms with van der Waals surface area (Å²) in [5.41, 5.74) is 3.88. The Morgan fingerprint density at radius 2 is 1.89 bits per heavy atom. The van der Waals surface area contributed by atoms with Gasteiger partial charge in [0.1, 0.15) is 5.82 Å². The third-order valence-corrected chi connectivity index (χ3v) is 4.65. The predicted octanol–water partition coefficient (Wildman–Crippen LogP) is 4.52. The molecule has 0 aliphatic carbocycles. The van der Waals surface area contributed by atoms with E-state index in [-0.39, 0.29) is 35.1 Å². The second-order valence-electron chi connectivity index (χ2n) is 7.32. The smallest absolute Gasteiger partial charge is 0.242 e. The Morgan fingerprint density at radius 3 is 2.54 bits per heavy atom. The van der Waals surface area contributed by atoms with Crippen molar-refractivity contribution in [1.82, 2.24) is 24.7 Å². The van der Waals surface area contributed by atoms with Gasteiger partial charge in [0.2, 0.25) is 5.88 Å². The van der Waals surface area contributed by atoms with Gasteiger partial charge in [0.15, 0.2) is 5.52 Å². The van der Waals surface area contributed by atoms with Gasteiger partial charge in [-0.2, -0.15) is 5.10 Å². The topological polar surface area (TPSA) is 68.6 Å². The molecule has 0 aliphatic heterocycles. The molecule has 6 nitrogen and oxygen atoms in total. The number of imidazole rings is 1. The third-order valence-electron chi connectivity index (χ3n) is 4.32. The summed E-state index contributed by atoms with van der Waals surface area (Å²) in [5, 5.41) is 5.08. The van der Waals surface area contributed by atoms with Crippen LogP contribution in [0.2, 0.25) is 5.02 Å². The molecule has 0 saturated heterocycles. The van der Waals surface area contributed by atoms with Crippen LogP contribution in [-0.2, 0) is 5.54 Å². The normalized spacial score (nSPS) is 11.5. The molecule has 4 aromatic rings. The van der Waals surface area contributed by atoms with Crippen LogP contribution in [0.4, 0.5) is 0 Å². The second kappa shape index (κ2) is 7.87. The van der Waals surface area contributed by atoms with Crippen molar-refractivity contribution in [3.05, 3.63) is 47.7 Å². The largest absolute Gasteiger partial charge is 0.479 e. The van der Waals surface area contributed by atoms with E-state index in [4.69, 9.17) is 16.3 Å². The minimum absolute atomic E-state index is 0. The number of aromatic amines is 1. The van der Waals surface area contributed by atoms with Crippen molar-refractivity contribution in [1.29, 1.82) is 0 Å². The number of halogens is 1. The zero-order valence-electron chi connectivity index (χ0n) is 16.6. The van der Waals surface area contributed by atoms with E-state index >= 15 is 0 Å². The Labute approximate surface area is 190 Å². The van der Waals surface area contributed by atoms with Crippen LogP contribution < -0.4 is 4.74 Å². The van der Waals surface area contributed by atoms with Gasteiger partial charge in [-0.3, -0.25) is 4.68 Å². The van der Waals surface area contributed by atoms with Gasteiger partial charge in [0, 0.05) is 46.3 Å². The maximum absolute atomic E-state index is 6.33. The number of hydrogen-bond donors (Lipinski definition) is 1. The van der Waals surface area contributed by atoms with E-state index in [1.54, 1.807) is 13.3 Å². The number of methoxy groups -OCH3 is 1. The van der Waals surface area contributed by atoms with E-state index in [1.165, 1.54) is 0 Å². The van der Waals surface area contributed by atoms with Crippen LogP contribution in [0.25, 0.3) is 33.7 Å². The van der Waals surface area contributed by atoms with Crippen molar-refractivity contribution in [3.63, 3.8) is 0 Å². The molecule has 0 amide bonds. The molecule has 3 aromatic heterocycles. The molecule has 0 bridgehead atoms. The summed E-state index contributed by atoms with van der Waals surface area (Å²) in [6.07, 6.45) is 3.78. The average molecular weight is 405 g/mol. The molecule has 1 radical (unpaired) electrons. The van der Waals surface area contributed by atoms with Gasteiger partial charge < -0.3 is 9.72 Å². The molecular formula is C20H20ClN5NaO. The van der Waals surface area contributed by atoms with Crippen molar-refractivity contribution in [2.75, 3.05) is 7.11 Å². The standard InChI is InChI=1S/C20H20ClN5O.Na/c1-20(2,3)26-11-12(10-22-26)18-23-16-9-15(13-7-5-6-8-14(13)21)24-19(27-4)17(16)25-18;/h5-11H,1-4H3,(H,23,25);. The summed E-state index contributed by atoms with van der Waals surface area (Å²) in [6, 6.07) is 9.53. The van der Waals surface area contributed by atoms with Crippen LogP contribution in [-0.4, -0.2) is 61.4 Å². The minimum Gasteiger partial charge on any atom is -0.479 e. The van der Waals surface area contributed by atoms with Gasteiger partial charge in [-0.15, -0.1) is 0 Å². The third kappa shape index (κ3) is 3.82. The van der Waals surface area contributed by atoms with Crippen LogP contribution in [0, 0.1) is 0 Å². The maximum Gasteiger partial charge on any atom is 0.242 e. The molecular weight excluding hydrogens is 385 g/mol. The Kier molecular flexibility index (Phi) is 5.87. The molecule has 0 unspecified atom stereocenters. The minimum atomic E-state index is -0.0965. The Balaban J connectivity index is 0.00000225. The number of rotatable bonds is 3. The SMILES string of the molecule is COc1nc(-c2ccccc2Cl)cc2[nH]c(-c3cnn(C(C)(C)C)c3)nc12.[Na]. The fourth-order valence-electron chi connectivity index (χ4n) is 2.88. The number of pyridine rings is 1. The molecule has 0 atom stereocenters. The van der Waals surface area contributed by atoms with Gasteiger partial charge in [0.05, 0.1) is 35.6 Å². The molecule has 0 aliphatic rings. The van der Waals surface area contributed by atoms with Crippen molar-refractivity contribution in [3.8, 4) is 28.5 Å². The van der Waals surface area contributed by atoms with Crippen molar-refractivity contribution in [2.24, 2.45) is 0 Å². The first-order valence-corrected chi connectivity index (χ1v) is 9.00. The van der Waals surface area contributed by atoms with Gasteiger partial charge in [0.25, 0.3) is 0 Å². The molecule has 1 aromatic carbocycles. The molecule has 0 spiro atoms. The average Bonchev–Trinajstić information content (AvgIpc) is 3.27. The fraction of sp³-hybridized carbons (Fsp3) is 0.250. The number of ether oxygens (including phenoxy) is 1. The summed E-state index contributed by atoms with van der Waals surface area (Å²) in [7, 11) is 1.59. The van der Waals surface area contributed by atoms with Crippen LogP contribution in [0.15, 0.2) is 42.7 Å². The Bertz CT molecular complexity index is 1130. The van der Waals surface area contributed by atoms with E-state index in [0.717, 1.165) is 28.2 Å². The van der Waals surface area contributed by atoms with Gasteiger partial charge in [-0.1, -0.05) is 29.8 Å². The molecule has 139 valence electrons. The van der Waals surface area contributed by atoms with Crippen molar-refractivity contribution in [2.45, 2.75) is 26.3 Å². The summed E-state index contributed by atoms with van der Waals surface area (Å²) < 4.78 is 7.40. The first-order valence-electron chi connectivity index (χ1n) is 8.62. The summed E-state index contributed by atoms with van der Waals surface area (Å²) in [5.74, 6) is 1.17. The first kappa shape index (κ1) is 20.9. The van der Waals surface area contributed by atoms with E-state index in [1.807, 2.05) is 41.2 Å². The molecule has 4 rings (SSSR count). The van der Waals surface area contributed by atoms with Crippen LogP contribution in [0.1, 0.15) is 20.8 Å². The van der Waals surface area contributed by atoms with Crippen LogP contribution >= 0.6 is 11.6 Å². The van der Waals surface area contributed by atoms with Gasteiger partial charge >= 0.3 is 0 Å². The van der Waals surface area contributed by atoms with Crippen LogP contribution in [0.5, 0.6) is 5.88 Å². The Morgan fingerprint density at radius 1 is 1.14 bits per heavy atom. The van der Waals surface area contributed by atoms with Gasteiger partial charge in [-0.25, -0.2) is 9.97 Å². The van der Waals surface area contributed by atoms with E-state index in [0.29, 0.717) is 16.4 Å². The maximum atomic E-state index is 6.33. The molecule has 3 heterocycles. The van der Waals surface area contributed by atoms with E-state index in [9.17, 15) is 0 Å². The number of nitrogens with one attached hydrogen (secondary N) is 1. The Hall–Kier alpha value is -1.86. The zero-order chi connectivity index (χ0) is 19.2. The number of benzene rings is 1. The molecule has 0 saturated carbocycles. The first-order chi connectivity index (χ1) is 12.9. The summed E-state index contributed by atoms with van der Waals surface area (Å²) >= 11 is 6.33. The van der Waals surface area contributed by atoms with E-state index < -0.39 is 0 Å². The van der Waals surface area contributed by atoms with Crippen LogP contribution in [0.3, 0.4) is 0 Å². The van der Waals surface area contributed by atoms with Crippen molar-refractivity contribution >= 4 is 52.2 Å². The molecule has 1 N–H and O–H groups in total. The number of H-pyrrole nitrogens is 1. The zero-order valence-corrected chi connectivity index (χ0v) is 19.4. The molecule has 0 fully saturated rings. The fourth-order valence-corrected chi connectivity index (χ4v) is 3.12.